The highest BCUT2D eigenvalue weighted by Crippen LogP contribution is 2.27. The van der Waals surface area contributed by atoms with Gasteiger partial charge >= 0.3 is 0 Å². The van der Waals surface area contributed by atoms with E-state index in [0.717, 1.165) is 30.4 Å². The number of nitrogens with zero attached hydrogens (tertiary/aromatic N) is 2. The lowest BCUT2D eigenvalue weighted by molar-refractivity contribution is -0.384. The Morgan fingerprint density at radius 1 is 1.24 bits per heavy atom. The molecule has 0 bridgehead atoms. The first-order chi connectivity index (χ1) is 12.2. The zero-order chi connectivity index (χ0) is 17.6. The third-order valence-corrected chi connectivity index (χ3v) is 4.01. The highest BCUT2D eigenvalue weighted by Gasteiger charge is 2.18. The number of aldehydes is 1. The summed E-state index contributed by atoms with van der Waals surface area (Å²) in [5, 5.41) is 16.3. The number of rotatable bonds is 7. The number of hydrogen-bond donors (Lipinski definition) is 1. The molecule has 0 atom stereocenters. The third-order valence-electron chi connectivity index (χ3n) is 4.01. The van der Waals surface area contributed by atoms with E-state index in [1.807, 2.05) is 17.2 Å². The molecule has 0 unspecified atom stereocenters. The van der Waals surface area contributed by atoms with E-state index in [9.17, 15) is 14.9 Å². The van der Waals surface area contributed by atoms with E-state index in [2.05, 4.69) is 5.32 Å². The summed E-state index contributed by atoms with van der Waals surface area (Å²) in [7, 11) is 0. The number of carbonyl (C=O) groups is 1. The minimum Gasteiger partial charge on any atom is -0.375 e. The van der Waals surface area contributed by atoms with Crippen LogP contribution in [0.2, 0.25) is 0 Å². The van der Waals surface area contributed by atoms with Crippen LogP contribution < -0.4 is 5.32 Å². The molecule has 2 aromatic carbocycles. The van der Waals surface area contributed by atoms with Gasteiger partial charge in [0.2, 0.25) is 0 Å². The standard InChI is InChI=1S/C18H19N3O4/c22-13-16-4-1-3-14(9-16)11-19-17-6-5-15(10-18(17)21(23)24)12-20-7-2-8-25-20/h1,3-6,9-10,13,19H,2,7-8,11-12H2. The third kappa shape index (κ3) is 4.40. The van der Waals surface area contributed by atoms with Gasteiger partial charge in [0, 0.05) is 31.3 Å². The second-order valence-corrected chi connectivity index (χ2v) is 5.88. The summed E-state index contributed by atoms with van der Waals surface area (Å²) in [4.78, 5) is 27.3. The Morgan fingerprint density at radius 3 is 2.84 bits per heavy atom. The van der Waals surface area contributed by atoms with Gasteiger partial charge in [-0.2, -0.15) is 5.06 Å². The molecule has 0 radical (unpaired) electrons. The second-order valence-electron chi connectivity index (χ2n) is 5.88. The number of benzene rings is 2. The highest BCUT2D eigenvalue weighted by atomic mass is 16.7. The van der Waals surface area contributed by atoms with Crippen LogP contribution in [0.25, 0.3) is 0 Å². The second kappa shape index (κ2) is 7.87. The molecule has 130 valence electrons. The van der Waals surface area contributed by atoms with Gasteiger partial charge < -0.3 is 5.32 Å². The lowest BCUT2D eigenvalue weighted by atomic mass is 10.1. The molecule has 3 rings (SSSR count). The summed E-state index contributed by atoms with van der Waals surface area (Å²) in [6.07, 6.45) is 1.75. The van der Waals surface area contributed by atoms with Gasteiger partial charge in [-0.15, -0.1) is 0 Å². The van der Waals surface area contributed by atoms with Crippen molar-refractivity contribution in [3.63, 3.8) is 0 Å². The molecule has 1 heterocycles. The summed E-state index contributed by atoms with van der Waals surface area (Å²) >= 11 is 0. The maximum Gasteiger partial charge on any atom is 0.292 e. The highest BCUT2D eigenvalue weighted by molar-refractivity contribution is 5.75. The summed E-state index contributed by atoms with van der Waals surface area (Å²) in [6, 6.07) is 12.3. The van der Waals surface area contributed by atoms with Gasteiger partial charge in [-0.3, -0.25) is 19.7 Å². The monoisotopic (exact) mass is 341 g/mol. The topological polar surface area (TPSA) is 84.7 Å². The zero-order valence-corrected chi connectivity index (χ0v) is 13.7. The van der Waals surface area contributed by atoms with E-state index >= 15 is 0 Å². The predicted molar refractivity (Wildman–Crippen MR) is 93.2 cm³/mol. The van der Waals surface area contributed by atoms with Crippen molar-refractivity contribution in [3.8, 4) is 0 Å². The van der Waals surface area contributed by atoms with Gasteiger partial charge in [0.15, 0.2) is 0 Å². The first kappa shape index (κ1) is 17.1. The summed E-state index contributed by atoms with van der Waals surface area (Å²) in [5.41, 5.74) is 2.78. The fraction of sp³-hybridized carbons (Fsp3) is 0.278. The van der Waals surface area contributed by atoms with E-state index in [4.69, 9.17) is 4.84 Å². The van der Waals surface area contributed by atoms with Crippen LogP contribution in [0, 0.1) is 10.1 Å². The Labute approximate surface area is 145 Å². The molecule has 25 heavy (non-hydrogen) atoms. The number of hydroxylamine groups is 2. The van der Waals surface area contributed by atoms with Crippen molar-refractivity contribution < 1.29 is 14.6 Å². The molecule has 1 aliphatic heterocycles. The molecular weight excluding hydrogens is 322 g/mol. The van der Waals surface area contributed by atoms with Crippen LogP contribution in [0.4, 0.5) is 11.4 Å². The molecule has 1 aliphatic rings. The fourth-order valence-electron chi connectivity index (χ4n) is 2.78. The molecule has 7 heteroatoms. The average Bonchev–Trinajstić information content (AvgIpc) is 3.13. The van der Waals surface area contributed by atoms with Crippen molar-refractivity contribution in [3.05, 3.63) is 69.3 Å². The maximum absolute atomic E-state index is 11.4. The number of hydrogen-bond acceptors (Lipinski definition) is 6. The molecule has 0 spiro atoms. The first-order valence-corrected chi connectivity index (χ1v) is 8.09. The average molecular weight is 341 g/mol. The lowest BCUT2D eigenvalue weighted by Crippen LogP contribution is -2.17. The summed E-state index contributed by atoms with van der Waals surface area (Å²) in [5.74, 6) is 0. The van der Waals surface area contributed by atoms with Crippen molar-refractivity contribution in [1.82, 2.24) is 5.06 Å². The maximum atomic E-state index is 11.4. The molecule has 0 amide bonds. The molecule has 0 aliphatic carbocycles. The van der Waals surface area contributed by atoms with Gasteiger partial charge in [0.1, 0.15) is 12.0 Å². The normalized spacial score (nSPS) is 14.4. The number of carbonyl (C=O) groups excluding carboxylic acids is 1. The summed E-state index contributed by atoms with van der Waals surface area (Å²) in [6.45, 7) is 2.46. The number of nitro benzene ring substituents is 1. The molecule has 1 saturated heterocycles. The molecule has 7 nitrogen and oxygen atoms in total. The van der Waals surface area contributed by atoms with E-state index in [1.165, 1.54) is 0 Å². The van der Waals surface area contributed by atoms with Crippen molar-refractivity contribution in [2.45, 2.75) is 19.5 Å². The van der Waals surface area contributed by atoms with Crippen molar-refractivity contribution in [2.75, 3.05) is 18.5 Å². The predicted octanol–water partition coefficient (Wildman–Crippen LogP) is 3.16. The van der Waals surface area contributed by atoms with Crippen molar-refractivity contribution in [2.24, 2.45) is 0 Å². The van der Waals surface area contributed by atoms with Crippen LogP contribution in [0.15, 0.2) is 42.5 Å². The minimum atomic E-state index is -0.390. The van der Waals surface area contributed by atoms with Crippen LogP contribution in [0.5, 0.6) is 0 Å². The van der Waals surface area contributed by atoms with Crippen LogP contribution in [0.1, 0.15) is 27.9 Å². The smallest absolute Gasteiger partial charge is 0.292 e. The molecule has 1 N–H and O–H groups in total. The number of nitro groups is 1. The van der Waals surface area contributed by atoms with Crippen molar-refractivity contribution >= 4 is 17.7 Å². The van der Waals surface area contributed by atoms with Gasteiger partial charge in [0.05, 0.1) is 11.5 Å². The first-order valence-electron chi connectivity index (χ1n) is 8.09. The van der Waals surface area contributed by atoms with Gasteiger partial charge in [0.25, 0.3) is 5.69 Å². The van der Waals surface area contributed by atoms with Crippen LogP contribution in [-0.2, 0) is 17.9 Å². The zero-order valence-electron chi connectivity index (χ0n) is 13.7. The van der Waals surface area contributed by atoms with Gasteiger partial charge in [-0.05, 0) is 29.7 Å². The largest absolute Gasteiger partial charge is 0.375 e. The Bertz CT molecular complexity index is 773. The Morgan fingerprint density at radius 2 is 2.12 bits per heavy atom. The van der Waals surface area contributed by atoms with E-state index in [1.54, 1.807) is 30.3 Å². The minimum absolute atomic E-state index is 0.0308. The van der Waals surface area contributed by atoms with E-state index < -0.39 is 4.92 Å². The Hall–Kier alpha value is -2.77. The quantitative estimate of drug-likeness (QED) is 0.473. The Kier molecular flexibility index (Phi) is 5.37. The van der Waals surface area contributed by atoms with Gasteiger partial charge in [-0.1, -0.05) is 24.3 Å². The van der Waals surface area contributed by atoms with Crippen LogP contribution in [0.3, 0.4) is 0 Å². The molecule has 0 aromatic heterocycles. The number of nitrogens with one attached hydrogen (secondary N) is 1. The molecule has 1 fully saturated rings. The molecule has 2 aromatic rings. The Balaban J connectivity index is 1.73. The lowest BCUT2D eigenvalue weighted by Gasteiger charge is -2.14. The van der Waals surface area contributed by atoms with Gasteiger partial charge in [-0.25, -0.2) is 0 Å². The van der Waals surface area contributed by atoms with E-state index in [0.29, 0.717) is 30.9 Å². The SMILES string of the molecule is O=Cc1cccc(CNc2ccc(CN3CCCO3)cc2[N+](=O)[O-])c1. The van der Waals surface area contributed by atoms with Crippen LogP contribution >= 0.6 is 0 Å². The van der Waals surface area contributed by atoms with E-state index in [-0.39, 0.29) is 5.69 Å². The number of anilines is 1. The van der Waals surface area contributed by atoms with Crippen molar-refractivity contribution in [1.29, 1.82) is 0 Å². The molecular formula is C18H19N3O4. The molecule has 0 saturated carbocycles. The fourth-order valence-corrected chi connectivity index (χ4v) is 2.78. The van der Waals surface area contributed by atoms with Crippen LogP contribution in [-0.4, -0.2) is 29.4 Å². The summed E-state index contributed by atoms with van der Waals surface area (Å²) < 4.78 is 0.